The highest BCUT2D eigenvalue weighted by Crippen LogP contribution is 2.26. The van der Waals surface area contributed by atoms with Crippen LogP contribution in [-0.4, -0.2) is 41.8 Å². The average molecular weight is 471 g/mol. The van der Waals surface area contributed by atoms with Gasteiger partial charge in [-0.25, -0.2) is 0 Å². The summed E-state index contributed by atoms with van der Waals surface area (Å²) in [6.07, 6.45) is 3.35. The molecule has 9 heteroatoms. The maximum Gasteiger partial charge on any atom is 0.453 e. The number of pyridine rings is 1. The van der Waals surface area contributed by atoms with Gasteiger partial charge in [0, 0.05) is 12.5 Å². The lowest BCUT2D eigenvalue weighted by molar-refractivity contribution is -0.122. The number of carbonyl (C=O) groups excluding carboxylic acids is 1. The predicted molar refractivity (Wildman–Crippen MR) is 133 cm³/mol. The number of ether oxygens (including phenoxy) is 2. The molecule has 8 nitrogen and oxygen atoms in total. The fraction of sp³-hybridized carbons (Fsp3) is 0.192. The molecule has 0 fully saturated rings. The first-order valence-corrected chi connectivity index (χ1v) is 11.0. The maximum atomic E-state index is 12.4. The van der Waals surface area contributed by atoms with Crippen molar-refractivity contribution in [3.8, 4) is 17.6 Å². The van der Waals surface area contributed by atoms with Crippen molar-refractivity contribution < 1.29 is 24.3 Å². The van der Waals surface area contributed by atoms with Gasteiger partial charge in [0.25, 0.3) is 0 Å². The second-order valence-electron chi connectivity index (χ2n) is 7.64. The van der Waals surface area contributed by atoms with Crippen LogP contribution in [0.2, 0.25) is 6.32 Å². The first-order chi connectivity index (χ1) is 17.0. The van der Waals surface area contributed by atoms with E-state index < -0.39 is 13.2 Å². The molecule has 1 aromatic heterocycles. The number of allylic oxidation sites excluding steroid dienone is 1. The number of nitrogens with one attached hydrogen (secondary N) is 1. The molecule has 0 radical (unpaired) electrons. The molecule has 0 aliphatic carbocycles. The minimum Gasteiger partial charge on any atom is -0.494 e. The number of amides is 1. The van der Waals surface area contributed by atoms with E-state index in [1.807, 2.05) is 36.4 Å². The number of aromatic nitrogens is 1. The summed E-state index contributed by atoms with van der Waals surface area (Å²) in [5.74, 6) is 0.771. The lowest BCUT2D eigenvalue weighted by Crippen LogP contribution is -2.32. The summed E-state index contributed by atoms with van der Waals surface area (Å²) in [7, 11) is -0.0226. The van der Waals surface area contributed by atoms with Gasteiger partial charge in [-0.15, -0.1) is 0 Å². The molecule has 0 aliphatic rings. The van der Waals surface area contributed by atoms with Gasteiger partial charge >= 0.3 is 7.12 Å². The molecule has 3 aromatic rings. The summed E-state index contributed by atoms with van der Waals surface area (Å²) in [4.78, 5) is 16.7. The standard InChI is InChI=1S/C26H26BN3O5/c1-34-24-11-6-13-29-26(24)21(18-28)15-19-7-5-10-22(16-19)35-14-12-25(31)30-23(17-27(32)33)20-8-3-2-4-9-20/h2-11,13,15-16,23,32-33H,12,14,17H2,1H3,(H,30,31)/t23-/m0/s1. The van der Waals surface area contributed by atoms with E-state index in [0.717, 1.165) is 11.1 Å². The zero-order valence-electron chi connectivity index (χ0n) is 19.3. The van der Waals surface area contributed by atoms with E-state index in [0.29, 0.717) is 22.8 Å². The number of hydrogen-bond acceptors (Lipinski definition) is 7. The Labute approximate surface area is 204 Å². The Balaban J connectivity index is 1.61. The normalized spacial score (nSPS) is 11.8. The molecule has 3 N–H and O–H groups in total. The highest BCUT2D eigenvalue weighted by molar-refractivity contribution is 6.41. The molecular weight excluding hydrogens is 445 g/mol. The third-order valence-electron chi connectivity index (χ3n) is 5.12. The van der Waals surface area contributed by atoms with E-state index >= 15 is 0 Å². The second-order valence-corrected chi connectivity index (χ2v) is 7.64. The van der Waals surface area contributed by atoms with Gasteiger partial charge in [0.2, 0.25) is 5.91 Å². The molecular formula is C26H26BN3O5. The van der Waals surface area contributed by atoms with Crippen LogP contribution < -0.4 is 14.8 Å². The lowest BCUT2D eigenvalue weighted by Gasteiger charge is -2.19. The van der Waals surface area contributed by atoms with Crippen molar-refractivity contribution in [1.29, 1.82) is 5.26 Å². The van der Waals surface area contributed by atoms with Crippen LogP contribution >= 0.6 is 0 Å². The zero-order chi connectivity index (χ0) is 25.0. The van der Waals surface area contributed by atoms with Gasteiger partial charge in [-0.3, -0.25) is 9.78 Å². The molecule has 0 saturated heterocycles. The van der Waals surface area contributed by atoms with Gasteiger partial charge in [0.1, 0.15) is 23.3 Å². The van der Waals surface area contributed by atoms with Crippen LogP contribution in [0.1, 0.15) is 29.3 Å². The van der Waals surface area contributed by atoms with Gasteiger partial charge in [0.05, 0.1) is 31.8 Å². The predicted octanol–water partition coefficient (Wildman–Crippen LogP) is 3.25. The summed E-state index contributed by atoms with van der Waals surface area (Å²) in [6, 6.07) is 21.4. The molecule has 2 aromatic carbocycles. The Morgan fingerprint density at radius 3 is 2.69 bits per heavy atom. The highest BCUT2D eigenvalue weighted by Gasteiger charge is 2.20. The van der Waals surface area contributed by atoms with E-state index in [-0.39, 0.29) is 25.3 Å². The third kappa shape index (κ3) is 7.71. The van der Waals surface area contributed by atoms with E-state index in [4.69, 9.17) is 9.47 Å². The lowest BCUT2D eigenvalue weighted by atomic mass is 9.79. The van der Waals surface area contributed by atoms with E-state index in [2.05, 4.69) is 16.4 Å². The zero-order valence-corrected chi connectivity index (χ0v) is 19.3. The van der Waals surface area contributed by atoms with Gasteiger partial charge in [-0.2, -0.15) is 5.26 Å². The average Bonchev–Trinajstić information content (AvgIpc) is 2.87. The van der Waals surface area contributed by atoms with E-state index in [1.165, 1.54) is 7.11 Å². The van der Waals surface area contributed by atoms with Crippen molar-refractivity contribution in [3.63, 3.8) is 0 Å². The third-order valence-corrected chi connectivity index (χ3v) is 5.12. The van der Waals surface area contributed by atoms with Crippen LogP contribution in [0.3, 0.4) is 0 Å². The van der Waals surface area contributed by atoms with Crippen LogP contribution in [0, 0.1) is 11.3 Å². The monoisotopic (exact) mass is 471 g/mol. The molecule has 3 rings (SSSR count). The van der Waals surface area contributed by atoms with Gasteiger partial charge < -0.3 is 24.8 Å². The Kier molecular flexibility index (Phi) is 9.43. The number of nitrogens with zero attached hydrogens (tertiary/aromatic N) is 2. The van der Waals surface area contributed by atoms with E-state index in [9.17, 15) is 20.1 Å². The summed E-state index contributed by atoms with van der Waals surface area (Å²) in [5, 5.41) is 31.2. The van der Waals surface area contributed by atoms with Crippen molar-refractivity contribution in [2.75, 3.05) is 13.7 Å². The van der Waals surface area contributed by atoms with Crippen LogP contribution in [-0.2, 0) is 4.79 Å². The molecule has 0 bridgehead atoms. The molecule has 0 saturated carbocycles. The number of methoxy groups -OCH3 is 1. The minimum atomic E-state index is -1.54. The maximum absolute atomic E-state index is 12.4. The van der Waals surface area contributed by atoms with Crippen molar-refractivity contribution >= 4 is 24.7 Å². The van der Waals surface area contributed by atoms with Gasteiger partial charge in [0.15, 0.2) is 0 Å². The molecule has 178 valence electrons. The highest BCUT2D eigenvalue weighted by atomic mass is 16.5. The van der Waals surface area contributed by atoms with Crippen molar-refractivity contribution in [2.24, 2.45) is 0 Å². The largest absolute Gasteiger partial charge is 0.494 e. The fourth-order valence-corrected chi connectivity index (χ4v) is 3.47. The number of nitriles is 1. The van der Waals surface area contributed by atoms with Crippen LogP contribution in [0.25, 0.3) is 11.6 Å². The Morgan fingerprint density at radius 2 is 1.97 bits per heavy atom. The van der Waals surface area contributed by atoms with Crippen LogP contribution in [0.4, 0.5) is 0 Å². The summed E-state index contributed by atoms with van der Waals surface area (Å²) < 4.78 is 11.0. The number of carbonyl (C=O) groups is 1. The van der Waals surface area contributed by atoms with E-state index in [1.54, 1.807) is 42.6 Å². The van der Waals surface area contributed by atoms with Crippen LogP contribution in [0.5, 0.6) is 11.5 Å². The number of rotatable bonds is 11. The van der Waals surface area contributed by atoms with Crippen LogP contribution in [0.15, 0.2) is 72.9 Å². The minimum absolute atomic E-state index is 0.0206. The second kappa shape index (κ2) is 12.9. The number of benzene rings is 2. The Hall–Kier alpha value is -4.13. The van der Waals surface area contributed by atoms with Crippen molar-refractivity contribution in [2.45, 2.75) is 18.8 Å². The Morgan fingerprint density at radius 1 is 1.17 bits per heavy atom. The molecule has 0 unspecified atom stereocenters. The van der Waals surface area contributed by atoms with Gasteiger partial charge in [-0.05, 0) is 41.5 Å². The quantitative estimate of drug-likeness (QED) is 0.290. The molecule has 1 atom stereocenters. The number of hydrogen-bond donors (Lipinski definition) is 3. The van der Waals surface area contributed by atoms with Gasteiger partial charge in [-0.1, -0.05) is 42.5 Å². The molecule has 35 heavy (non-hydrogen) atoms. The Bertz CT molecular complexity index is 1190. The summed E-state index contributed by atoms with van der Waals surface area (Å²) in [6.45, 7) is 0.126. The summed E-state index contributed by atoms with van der Waals surface area (Å²) >= 11 is 0. The van der Waals surface area contributed by atoms with Crippen molar-refractivity contribution in [3.05, 3.63) is 89.7 Å². The molecule has 0 aliphatic heterocycles. The molecule has 1 amide bonds. The molecule has 1 heterocycles. The molecule has 0 spiro atoms. The summed E-state index contributed by atoms with van der Waals surface area (Å²) in [5.41, 5.74) is 2.31. The van der Waals surface area contributed by atoms with Crippen molar-refractivity contribution in [1.82, 2.24) is 10.3 Å². The topological polar surface area (TPSA) is 125 Å². The first-order valence-electron chi connectivity index (χ1n) is 11.0. The first kappa shape index (κ1) is 25.5. The smallest absolute Gasteiger partial charge is 0.453 e. The SMILES string of the molecule is COc1cccnc1C(C#N)=Cc1cccc(OCCC(=O)N[C@@H](CB(O)O)c2ccccc2)c1. The fourth-order valence-electron chi connectivity index (χ4n) is 3.47.